The number of nitrogens with one attached hydrogen (secondary N) is 2. The van der Waals surface area contributed by atoms with E-state index < -0.39 is 0 Å². The van der Waals surface area contributed by atoms with E-state index in [1.165, 1.54) is 11.1 Å². The Labute approximate surface area is 137 Å². The first kappa shape index (κ1) is 15.3. The Balaban J connectivity index is 0.000000136. The Morgan fingerprint density at radius 3 is 2.00 bits per heavy atom. The molecule has 118 valence electrons. The van der Waals surface area contributed by atoms with E-state index in [0.717, 1.165) is 44.3 Å². The second kappa shape index (κ2) is 8.13. The van der Waals surface area contributed by atoms with E-state index in [1.807, 2.05) is 24.3 Å². The maximum absolute atomic E-state index is 4.34. The molecule has 2 aromatic carbocycles. The third kappa shape index (κ3) is 4.68. The Morgan fingerprint density at radius 1 is 0.739 bits per heavy atom. The predicted octanol–water partition coefficient (Wildman–Crippen LogP) is 2.27. The Bertz CT molecular complexity index is 662. The van der Waals surface area contributed by atoms with Gasteiger partial charge in [-0.2, -0.15) is 0 Å². The molecule has 4 rings (SSSR count). The van der Waals surface area contributed by atoms with Crippen molar-refractivity contribution in [2.24, 2.45) is 9.98 Å². The first-order valence-corrected chi connectivity index (χ1v) is 8.07. The molecule has 0 fully saturated rings. The van der Waals surface area contributed by atoms with Crippen LogP contribution in [0.5, 0.6) is 0 Å². The lowest BCUT2D eigenvalue weighted by Gasteiger charge is -2.00. The second-order valence-corrected chi connectivity index (χ2v) is 5.44. The molecule has 0 saturated heterocycles. The summed E-state index contributed by atoms with van der Waals surface area (Å²) in [6.45, 7) is 3.82. The van der Waals surface area contributed by atoms with Gasteiger partial charge in [0.05, 0.1) is 13.1 Å². The highest BCUT2D eigenvalue weighted by molar-refractivity contribution is 5.99. The summed E-state index contributed by atoms with van der Waals surface area (Å²) in [5.41, 5.74) is 2.51. The van der Waals surface area contributed by atoms with E-state index in [2.05, 4.69) is 57.0 Å². The molecule has 2 aromatic rings. The average Bonchev–Trinajstić information content (AvgIpc) is 3.31. The molecule has 2 aliphatic rings. The molecule has 0 spiro atoms. The van der Waals surface area contributed by atoms with Crippen LogP contribution < -0.4 is 10.6 Å². The molecule has 23 heavy (non-hydrogen) atoms. The number of benzene rings is 2. The zero-order valence-electron chi connectivity index (χ0n) is 13.2. The summed E-state index contributed by atoms with van der Waals surface area (Å²) in [5.74, 6) is 2.16. The summed E-state index contributed by atoms with van der Waals surface area (Å²) in [7, 11) is 0. The van der Waals surface area contributed by atoms with Crippen molar-refractivity contribution >= 4 is 11.7 Å². The van der Waals surface area contributed by atoms with Crippen LogP contribution in [0, 0.1) is 0 Å². The van der Waals surface area contributed by atoms with E-state index in [1.54, 1.807) is 0 Å². The van der Waals surface area contributed by atoms with Gasteiger partial charge in [0, 0.05) is 25.1 Å². The quantitative estimate of drug-likeness (QED) is 0.914. The fraction of sp³-hybridized carbons (Fsp3) is 0.263. The minimum absolute atomic E-state index is 0.907. The van der Waals surface area contributed by atoms with Crippen LogP contribution in [-0.2, 0) is 6.42 Å². The van der Waals surface area contributed by atoms with E-state index in [-0.39, 0.29) is 0 Å². The van der Waals surface area contributed by atoms with E-state index in [0.29, 0.717) is 0 Å². The SMILES string of the molecule is c1ccc(C2=NCCN2)cc1.c1ccc(CC2=NCCN2)cc1. The highest BCUT2D eigenvalue weighted by Gasteiger charge is 2.05. The van der Waals surface area contributed by atoms with Gasteiger partial charge in [-0.15, -0.1) is 0 Å². The summed E-state index contributed by atoms with van der Waals surface area (Å²) in [6.07, 6.45) is 0.945. The Kier molecular flexibility index (Phi) is 5.40. The third-order valence-corrected chi connectivity index (χ3v) is 3.68. The van der Waals surface area contributed by atoms with Gasteiger partial charge in [0.25, 0.3) is 0 Å². The topological polar surface area (TPSA) is 48.8 Å². The number of rotatable bonds is 3. The highest BCUT2D eigenvalue weighted by Crippen LogP contribution is 2.02. The van der Waals surface area contributed by atoms with Crippen molar-refractivity contribution in [1.82, 2.24) is 10.6 Å². The first-order chi connectivity index (χ1) is 11.4. The molecular weight excluding hydrogens is 284 g/mol. The number of hydrogen-bond donors (Lipinski definition) is 2. The van der Waals surface area contributed by atoms with Crippen LogP contribution in [0.3, 0.4) is 0 Å². The van der Waals surface area contributed by atoms with Gasteiger partial charge in [0.1, 0.15) is 11.7 Å². The van der Waals surface area contributed by atoms with Crippen LogP contribution in [-0.4, -0.2) is 37.9 Å². The fourth-order valence-corrected chi connectivity index (χ4v) is 2.54. The van der Waals surface area contributed by atoms with Crippen LogP contribution in [0.4, 0.5) is 0 Å². The smallest absolute Gasteiger partial charge is 0.128 e. The lowest BCUT2D eigenvalue weighted by molar-refractivity contribution is 0.953. The predicted molar refractivity (Wildman–Crippen MR) is 96.3 cm³/mol. The van der Waals surface area contributed by atoms with Crippen molar-refractivity contribution in [2.45, 2.75) is 6.42 Å². The van der Waals surface area contributed by atoms with Gasteiger partial charge in [-0.25, -0.2) is 0 Å². The standard InChI is InChI=1S/C10H12N2.C9H10N2/c1-2-4-9(5-3-1)8-10-11-6-7-12-10;1-2-4-8(5-3-1)9-10-6-7-11-9/h1-5H,6-8H2,(H,11,12);1-5H,6-7H2,(H,10,11). The molecule has 2 heterocycles. The van der Waals surface area contributed by atoms with E-state index in [9.17, 15) is 0 Å². The molecule has 0 aliphatic carbocycles. The Morgan fingerprint density at radius 2 is 1.39 bits per heavy atom. The normalized spacial score (nSPS) is 15.7. The summed E-state index contributed by atoms with van der Waals surface area (Å²) in [4.78, 5) is 8.65. The van der Waals surface area contributed by atoms with Gasteiger partial charge in [-0.3, -0.25) is 9.98 Å². The molecule has 0 unspecified atom stereocenters. The number of hydrogen-bond acceptors (Lipinski definition) is 4. The molecule has 0 aromatic heterocycles. The molecule has 0 atom stereocenters. The van der Waals surface area contributed by atoms with Crippen molar-refractivity contribution in [2.75, 3.05) is 26.2 Å². The average molecular weight is 306 g/mol. The van der Waals surface area contributed by atoms with Crippen LogP contribution in [0.25, 0.3) is 0 Å². The van der Waals surface area contributed by atoms with E-state index in [4.69, 9.17) is 0 Å². The van der Waals surface area contributed by atoms with Crippen molar-refractivity contribution < 1.29 is 0 Å². The van der Waals surface area contributed by atoms with Crippen LogP contribution >= 0.6 is 0 Å². The molecule has 2 aliphatic heterocycles. The van der Waals surface area contributed by atoms with Crippen molar-refractivity contribution in [3.05, 3.63) is 71.8 Å². The second-order valence-electron chi connectivity index (χ2n) is 5.44. The van der Waals surface area contributed by atoms with Gasteiger partial charge in [0.15, 0.2) is 0 Å². The minimum atomic E-state index is 0.907. The maximum atomic E-state index is 4.34. The number of aliphatic imine (C=N–C) groups is 2. The van der Waals surface area contributed by atoms with Gasteiger partial charge < -0.3 is 10.6 Å². The molecular formula is C19H22N4. The van der Waals surface area contributed by atoms with Crippen LogP contribution in [0.15, 0.2) is 70.6 Å². The monoisotopic (exact) mass is 306 g/mol. The molecule has 4 heteroatoms. The van der Waals surface area contributed by atoms with Crippen molar-refractivity contribution in [3.63, 3.8) is 0 Å². The minimum Gasteiger partial charge on any atom is -0.372 e. The lowest BCUT2D eigenvalue weighted by atomic mass is 10.1. The van der Waals surface area contributed by atoms with Crippen LogP contribution in [0.1, 0.15) is 11.1 Å². The lowest BCUT2D eigenvalue weighted by Crippen LogP contribution is -2.20. The fourth-order valence-electron chi connectivity index (χ4n) is 2.54. The van der Waals surface area contributed by atoms with Crippen molar-refractivity contribution in [3.8, 4) is 0 Å². The number of nitrogens with zero attached hydrogens (tertiary/aromatic N) is 2. The molecule has 0 amide bonds. The Hall–Kier alpha value is -2.62. The van der Waals surface area contributed by atoms with Crippen molar-refractivity contribution in [1.29, 1.82) is 0 Å². The zero-order valence-corrected chi connectivity index (χ0v) is 13.2. The molecule has 0 bridgehead atoms. The van der Waals surface area contributed by atoms with Gasteiger partial charge >= 0.3 is 0 Å². The summed E-state index contributed by atoms with van der Waals surface area (Å²) < 4.78 is 0. The zero-order chi connectivity index (χ0) is 15.7. The molecule has 4 nitrogen and oxygen atoms in total. The molecule has 2 N–H and O–H groups in total. The molecule has 0 radical (unpaired) electrons. The number of amidine groups is 2. The van der Waals surface area contributed by atoms with Crippen LogP contribution in [0.2, 0.25) is 0 Å². The third-order valence-electron chi connectivity index (χ3n) is 3.68. The largest absolute Gasteiger partial charge is 0.372 e. The maximum Gasteiger partial charge on any atom is 0.128 e. The van der Waals surface area contributed by atoms with E-state index >= 15 is 0 Å². The first-order valence-electron chi connectivity index (χ1n) is 8.07. The summed E-state index contributed by atoms with van der Waals surface area (Å²) in [6, 6.07) is 20.6. The molecule has 0 saturated carbocycles. The highest BCUT2D eigenvalue weighted by atomic mass is 15.1. The van der Waals surface area contributed by atoms with Gasteiger partial charge in [0.2, 0.25) is 0 Å². The summed E-state index contributed by atoms with van der Waals surface area (Å²) in [5, 5.41) is 6.48. The van der Waals surface area contributed by atoms with Gasteiger partial charge in [-0.05, 0) is 5.56 Å². The summed E-state index contributed by atoms with van der Waals surface area (Å²) >= 11 is 0. The van der Waals surface area contributed by atoms with Gasteiger partial charge in [-0.1, -0.05) is 60.7 Å².